The maximum Gasteiger partial charge on any atom is 0.255 e. The molecule has 0 atom stereocenters. The van der Waals surface area contributed by atoms with E-state index >= 15 is 0 Å². The van der Waals surface area contributed by atoms with E-state index in [0.29, 0.717) is 11.3 Å². The van der Waals surface area contributed by atoms with Gasteiger partial charge < -0.3 is 11.1 Å². The lowest BCUT2D eigenvalue weighted by atomic mass is 10.1. The van der Waals surface area contributed by atoms with E-state index in [2.05, 4.69) is 10.3 Å². The van der Waals surface area contributed by atoms with E-state index in [1.54, 1.807) is 30.5 Å². The number of anilines is 1. The van der Waals surface area contributed by atoms with E-state index in [1.165, 1.54) is 6.07 Å². The maximum absolute atomic E-state index is 12.1. The Kier molecular flexibility index (Phi) is 4.00. The first-order valence-corrected chi connectivity index (χ1v) is 6.19. The average Bonchev–Trinajstić information content (AvgIpc) is 2.43. The molecule has 3 N–H and O–H groups in total. The first-order chi connectivity index (χ1) is 9.49. The van der Waals surface area contributed by atoms with Crippen LogP contribution in [0.3, 0.4) is 0 Å². The van der Waals surface area contributed by atoms with Crippen LogP contribution in [0.5, 0.6) is 0 Å². The molecule has 0 radical (unpaired) electrons. The molecule has 2 aromatic rings. The third-order valence-corrected chi connectivity index (χ3v) is 3.05. The van der Waals surface area contributed by atoms with E-state index in [-0.39, 0.29) is 16.6 Å². The number of carbonyl (C=O) groups is 2. The molecule has 5 nitrogen and oxygen atoms in total. The lowest BCUT2D eigenvalue weighted by Gasteiger charge is -2.09. The standard InChI is InChI=1S/C14H12ClN3O2/c1-8-5-6-17-12(15)11(8)18-14(20)10-4-2-3-9(7-10)13(16)19/h2-7H,1H3,(H2,16,19)(H,18,20). The predicted octanol–water partition coefficient (Wildman–Crippen LogP) is 2.39. The Bertz CT molecular complexity index is 666. The van der Waals surface area contributed by atoms with Crippen molar-refractivity contribution in [2.24, 2.45) is 5.73 Å². The molecule has 0 saturated carbocycles. The summed E-state index contributed by atoms with van der Waals surface area (Å²) in [5.41, 5.74) is 7.02. The summed E-state index contributed by atoms with van der Waals surface area (Å²) in [5.74, 6) is -0.971. The minimum atomic E-state index is -0.588. The van der Waals surface area contributed by atoms with Crippen LogP contribution in [0.2, 0.25) is 5.15 Å². The zero-order chi connectivity index (χ0) is 14.7. The largest absolute Gasteiger partial charge is 0.366 e. The van der Waals surface area contributed by atoms with Crippen LogP contribution in [0.4, 0.5) is 5.69 Å². The summed E-state index contributed by atoms with van der Waals surface area (Å²) in [6.45, 7) is 1.81. The van der Waals surface area contributed by atoms with Crippen molar-refractivity contribution in [1.82, 2.24) is 4.98 Å². The van der Waals surface area contributed by atoms with E-state index < -0.39 is 5.91 Å². The number of hydrogen-bond donors (Lipinski definition) is 2. The monoisotopic (exact) mass is 289 g/mol. The van der Waals surface area contributed by atoms with Crippen molar-refractivity contribution < 1.29 is 9.59 Å². The summed E-state index contributed by atoms with van der Waals surface area (Å²) >= 11 is 5.94. The lowest BCUT2D eigenvalue weighted by Crippen LogP contribution is -2.16. The molecule has 102 valence electrons. The number of primary amides is 1. The van der Waals surface area contributed by atoms with Gasteiger partial charge in [0.1, 0.15) is 0 Å². The molecule has 1 aromatic carbocycles. The van der Waals surface area contributed by atoms with Crippen LogP contribution < -0.4 is 11.1 Å². The fraction of sp³-hybridized carbons (Fsp3) is 0.0714. The molecule has 6 heteroatoms. The lowest BCUT2D eigenvalue weighted by molar-refractivity contribution is 0.1000. The van der Waals surface area contributed by atoms with Crippen LogP contribution in [0.1, 0.15) is 26.3 Å². The zero-order valence-corrected chi connectivity index (χ0v) is 11.4. The van der Waals surface area contributed by atoms with Crippen LogP contribution in [0, 0.1) is 6.92 Å². The van der Waals surface area contributed by atoms with Crippen LogP contribution in [0.25, 0.3) is 0 Å². The third-order valence-electron chi connectivity index (χ3n) is 2.76. The summed E-state index contributed by atoms with van der Waals surface area (Å²) in [6.07, 6.45) is 1.56. The summed E-state index contributed by atoms with van der Waals surface area (Å²) in [7, 11) is 0. The fourth-order valence-corrected chi connectivity index (χ4v) is 1.93. The van der Waals surface area contributed by atoms with Crippen molar-refractivity contribution in [2.45, 2.75) is 6.92 Å². The second-order valence-corrected chi connectivity index (χ2v) is 4.55. The molecule has 0 aliphatic heterocycles. The van der Waals surface area contributed by atoms with Gasteiger partial charge in [0.2, 0.25) is 5.91 Å². The number of halogens is 1. The number of nitrogens with one attached hydrogen (secondary N) is 1. The smallest absolute Gasteiger partial charge is 0.255 e. The molecular weight excluding hydrogens is 278 g/mol. The van der Waals surface area contributed by atoms with E-state index in [1.807, 2.05) is 6.92 Å². The Labute approximate surface area is 120 Å². The third kappa shape index (κ3) is 2.95. The molecule has 0 saturated heterocycles. The second-order valence-electron chi connectivity index (χ2n) is 4.19. The Morgan fingerprint density at radius 1 is 1.25 bits per heavy atom. The van der Waals surface area contributed by atoms with Gasteiger partial charge in [-0.1, -0.05) is 17.7 Å². The number of nitrogens with zero attached hydrogens (tertiary/aromatic N) is 1. The number of pyridine rings is 1. The fourth-order valence-electron chi connectivity index (χ4n) is 1.67. The highest BCUT2D eigenvalue weighted by atomic mass is 35.5. The summed E-state index contributed by atoms with van der Waals surface area (Å²) in [5, 5.41) is 2.89. The first-order valence-electron chi connectivity index (χ1n) is 5.81. The topological polar surface area (TPSA) is 85.1 Å². The van der Waals surface area contributed by atoms with Gasteiger partial charge in [-0.25, -0.2) is 4.98 Å². The van der Waals surface area contributed by atoms with E-state index in [4.69, 9.17) is 17.3 Å². The van der Waals surface area contributed by atoms with Crippen molar-refractivity contribution >= 4 is 29.1 Å². The molecule has 0 bridgehead atoms. The van der Waals surface area contributed by atoms with Crippen molar-refractivity contribution in [3.63, 3.8) is 0 Å². The Balaban J connectivity index is 2.29. The Morgan fingerprint density at radius 3 is 2.60 bits per heavy atom. The van der Waals surface area contributed by atoms with Gasteiger partial charge in [0.15, 0.2) is 5.15 Å². The van der Waals surface area contributed by atoms with Crippen molar-refractivity contribution in [3.05, 3.63) is 58.4 Å². The maximum atomic E-state index is 12.1. The molecule has 0 aliphatic carbocycles. The highest BCUT2D eigenvalue weighted by molar-refractivity contribution is 6.32. The highest BCUT2D eigenvalue weighted by Gasteiger charge is 2.12. The molecule has 2 rings (SSSR count). The zero-order valence-electron chi connectivity index (χ0n) is 10.7. The van der Waals surface area contributed by atoms with Crippen LogP contribution in [-0.4, -0.2) is 16.8 Å². The van der Waals surface area contributed by atoms with Gasteiger partial charge in [0.25, 0.3) is 5.91 Å². The SMILES string of the molecule is Cc1ccnc(Cl)c1NC(=O)c1cccc(C(N)=O)c1. The molecule has 0 aliphatic rings. The highest BCUT2D eigenvalue weighted by Crippen LogP contribution is 2.23. The quantitative estimate of drug-likeness (QED) is 0.851. The van der Waals surface area contributed by atoms with Crippen LogP contribution >= 0.6 is 11.6 Å². The van der Waals surface area contributed by atoms with E-state index in [9.17, 15) is 9.59 Å². The van der Waals surface area contributed by atoms with Gasteiger partial charge >= 0.3 is 0 Å². The van der Waals surface area contributed by atoms with Crippen LogP contribution in [0.15, 0.2) is 36.5 Å². The Hall–Kier alpha value is -2.40. The molecule has 1 aromatic heterocycles. The van der Waals surface area contributed by atoms with Crippen molar-refractivity contribution in [3.8, 4) is 0 Å². The molecule has 1 heterocycles. The predicted molar refractivity (Wildman–Crippen MR) is 76.9 cm³/mol. The van der Waals surface area contributed by atoms with E-state index in [0.717, 1.165) is 5.56 Å². The van der Waals surface area contributed by atoms with Gasteiger partial charge in [-0.05, 0) is 36.8 Å². The normalized spacial score (nSPS) is 10.1. The number of carbonyl (C=O) groups excluding carboxylic acids is 2. The molecule has 20 heavy (non-hydrogen) atoms. The van der Waals surface area contributed by atoms with Crippen molar-refractivity contribution in [2.75, 3.05) is 5.32 Å². The Morgan fingerprint density at radius 2 is 1.95 bits per heavy atom. The number of aryl methyl sites for hydroxylation is 1. The minimum absolute atomic E-state index is 0.212. The number of benzene rings is 1. The summed E-state index contributed by atoms with van der Waals surface area (Å²) in [6, 6.07) is 7.88. The average molecular weight is 290 g/mol. The first kappa shape index (κ1) is 14.0. The van der Waals surface area contributed by atoms with Gasteiger partial charge in [-0.3, -0.25) is 9.59 Å². The van der Waals surface area contributed by atoms with Crippen molar-refractivity contribution in [1.29, 1.82) is 0 Å². The summed E-state index contributed by atoms with van der Waals surface area (Å²) in [4.78, 5) is 27.2. The van der Waals surface area contributed by atoms with Gasteiger partial charge in [-0.2, -0.15) is 0 Å². The second kappa shape index (κ2) is 5.71. The molecule has 0 unspecified atom stereocenters. The van der Waals surface area contributed by atoms with Gasteiger partial charge in [0.05, 0.1) is 5.69 Å². The number of nitrogens with two attached hydrogens (primary N) is 1. The number of hydrogen-bond acceptors (Lipinski definition) is 3. The number of rotatable bonds is 3. The van der Waals surface area contributed by atoms with Crippen LogP contribution in [-0.2, 0) is 0 Å². The minimum Gasteiger partial charge on any atom is -0.366 e. The molecule has 0 fully saturated rings. The van der Waals surface area contributed by atoms with Gasteiger partial charge in [-0.15, -0.1) is 0 Å². The molecule has 0 spiro atoms. The van der Waals surface area contributed by atoms with Gasteiger partial charge in [0, 0.05) is 17.3 Å². The molecular formula is C14H12ClN3O2. The summed E-state index contributed by atoms with van der Waals surface area (Å²) < 4.78 is 0. The number of aromatic nitrogens is 1. The number of amides is 2. The molecule has 2 amide bonds.